The van der Waals surface area contributed by atoms with Crippen LogP contribution in [0.3, 0.4) is 0 Å². The molecule has 0 aliphatic carbocycles. The molecule has 0 aliphatic rings. The zero-order valence-corrected chi connectivity index (χ0v) is 11.2. The zero-order valence-electron chi connectivity index (χ0n) is 11.2. The summed E-state index contributed by atoms with van der Waals surface area (Å²) in [5.74, 6) is 0.539. The quantitative estimate of drug-likeness (QED) is 0.460. The first-order chi connectivity index (χ1) is 7.65. The number of carbonyl (C=O) groups is 1. The van der Waals surface area contributed by atoms with Gasteiger partial charge in [0.15, 0.2) is 0 Å². The van der Waals surface area contributed by atoms with Gasteiger partial charge in [0.1, 0.15) is 0 Å². The third-order valence-electron chi connectivity index (χ3n) is 2.90. The van der Waals surface area contributed by atoms with E-state index in [1.165, 1.54) is 25.7 Å². The van der Waals surface area contributed by atoms with Crippen LogP contribution in [0.5, 0.6) is 0 Å². The summed E-state index contributed by atoms with van der Waals surface area (Å²) >= 11 is 0. The van der Waals surface area contributed by atoms with Crippen LogP contribution in [0, 0.1) is 5.92 Å². The van der Waals surface area contributed by atoms with E-state index in [1.807, 2.05) is 19.9 Å². The smallest absolute Gasteiger partial charge is 0.333 e. The molecule has 0 aromatic carbocycles. The molecule has 0 N–H and O–H groups in total. The van der Waals surface area contributed by atoms with E-state index in [0.717, 1.165) is 12.0 Å². The average molecular weight is 226 g/mol. The fourth-order valence-electron chi connectivity index (χ4n) is 1.65. The molecule has 0 heterocycles. The van der Waals surface area contributed by atoms with E-state index in [-0.39, 0.29) is 5.97 Å². The van der Waals surface area contributed by atoms with E-state index in [2.05, 4.69) is 13.8 Å². The van der Waals surface area contributed by atoms with Crippen molar-refractivity contribution in [1.82, 2.24) is 0 Å². The van der Waals surface area contributed by atoms with Crippen LogP contribution in [0.25, 0.3) is 0 Å². The highest BCUT2D eigenvalue weighted by atomic mass is 16.5. The fourth-order valence-corrected chi connectivity index (χ4v) is 1.65. The lowest BCUT2D eigenvalue weighted by Crippen LogP contribution is -2.06. The van der Waals surface area contributed by atoms with Gasteiger partial charge in [0.2, 0.25) is 0 Å². The molecule has 0 spiro atoms. The standard InChI is InChI=1S/C14H26O2/c1-5-8-9-13(6-2)11-10-12(4)14(15)16-7-3/h10,13H,5-9,11H2,1-4H3. The van der Waals surface area contributed by atoms with Gasteiger partial charge in [-0.15, -0.1) is 0 Å². The molecule has 0 saturated heterocycles. The van der Waals surface area contributed by atoms with Crippen molar-refractivity contribution < 1.29 is 9.53 Å². The molecule has 0 aliphatic heterocycles. The highest BCUT2D eigenvalue weighted by Crippen LogP contribution is 2.18. The van der Waals surface area contributed by atoms with Crippen LogP contribution in [0.2, 0.25) is 0 Å². The average Bonchev–Trinajstić information content (AvgIpc) is 2.29. The van der Waals surface area contributed by atoms with Crippen LogP contribution in [-0.2, 0) is 9.53 Å². The lowest BCUT2D eigenvalue weighted by Gasteiger charge is -2.12. The number of hydrogen-bond acceptors (Lipinski definition) is 2. The maximum absolute atomic E-state index is 11.4. The van der Waals surface area contributed by atoms with Crippen LogP contribution < -0.4 is 0 Å². The SMILES string of the molecule is CCCCC(CC)CC=C(C)C(=O)OCC. The Morgan fingerprint density at radius 3 is 2.50 bits per heavy atom. The van der Waals surface area contributed by atoms with E-state index in [9.17, 15) is 4.79 Å². The Morgan fingerprint density at radius 2 is 2.00 bits per heavy atom. The molecule has 0 aromatic heterocycles. The second kappa shape index (κ2) is 9.44. The molecule has 94 valence electrons. The Bertz CT molecular complexity index is 219. The first-order valence-electron chi connectivity index (χ1n) is 6.49. The number of carbonyl (C=O) groups excluding carboxylic acids is 1. The Kier molecular flexibility index (Phi) is 8.97. The third-order valence-corrected chi connectivity index (χ3v) is 2.90. The number of rotatable bonds is 8. The molecule has 0 aromatic rings. The molecule has 0 saturated carbocycles. The van der Waals surface area contributed by atoms with Gasteiger partial charge in [-0.25, -0.2) is 4.79 Å². The van der Waals surface area contributed by atoms with Gasteiger partial charge in [-0.2, -0.15) is 0 Å². The van der Waals surface area contributed by atoms with Crippen molar-refractivity contribution in [3.05, 3.63) is 11.6 Å². The Morgan fingerprint density at radius 1 is 1.31 bits per heavy atom. The second-order valence-corrected chi connectivity index (χ2v) is 4.26. The van der Waals surface area contributed by atoms with E-state index in [0.29, 0.717) is 12.5 Å². The molecule has 2 nitrogen and oxygen atoms in total. The van der Waals surface area contributed by atoms with Crippen molar-refractivity contribution in [2.24, 2.45) is 5.92 Å². The van der Waals surface area contributed by atoms with Crippen molar-refractivity contribution in [1.29, 1.82) is 0 Å². The predicted molar refractivity (Wildman–Crippen MR) is 68.3 cm³/mol. The summed E-state index contributed by atoms with van der Waals surface area (Å²) in [6.07, 6.45) is 8.01. The van der Waals surface area contributed by atoms with Crippen LogP contribution in [0.15, 0.2) is 11.6 Å². The Hall–Kier alpha value is -0.790. The first kappa shape index (κ1) is 15.2. The van der Waals surface area contributed by atoms with Crippen molar-refractivity contribution in [2.75, 3.05) is 6.61 Å². The molecule has 0 rings (SSSR count). The Labute approximate surface area is 100 Å². The summed E-state index contributed by atoms with van der Waals surface area (Å²) in [5.41, 5.74) is 0.747. The number of esters is 1. The normalized spacial score (nSPS) is 13.6. The van der Waals surface area contributed by atoms with E-state index in [4.69, 9.17) is 4.74 Å². The topological polar surface area (TPSA) is 26.3 Å². The summed E-state index contributed by atoms with van der Waals surface area (Å²) in [4.78, 5) is 11.4. The highest BCUT2D eigenvalue weighted by Gasteiger charge is 2.07. The van der Waals surface area contributed by atoms with Crippen molar-refractivity contribution in [2.45, 2.75) is 59.8 Å². The first-order valence-corrected chi connectivity index (χ1v) is 6.49. The monoisotopic (exact) mass is 226 g/mol. The maximum Gasteiger partial charge on any atom is 0.333 e. The maximum atomic E-state index is 11.4. The van der Waals surface area contributed by atoms with Gasteiger partial charge in [-0.3, -0.25) is 0 Å². The van der Waals surface area contributed by atoms with Gasteiger partial charge in [0, 0.05) is 5.57 Å². The zero-order chi connectivity index (χ0) is 12.4. The summed E-state index contributed by atoms with van der Waals surface area (Å²) in [6.45, 7) is 8.56. The van der Waals surface area contributed by atoms with E-state index in [1.54, 1.807) is 0 Å². The summed E-state index contributed by atoms with van der Waals surface area (Å²) < 4.78 is 4.94. The minimum absolute atomic E-state index is 0.173. The van der Waals surface area contributed by atoms with E-state index < -0.39 is 0 Å². The molecule has 0 radical (unpaired) electrons. The van der Waals surface area contributed by atoms with Gasteiger partial charge in [-0.1, -0.05) is 45.6 Å². The lowest BCUT2D eigenvalue weighted by atomic mass is 9.95. The molecule has 0 fully saturated rings. The molecule has 0 amide bonds. The van der Waals surface area contributed by atoms with Crippen LogP contribution in [-0.4, -0.2) is 12.6 Å². The number of ether oxygens (including phenoxy) is 1. The molecule has 2 heteroatoms. The lowest BCUT2D eigenvalue weighted by molar-refractivity contribution is -0.138. The fraction of sp³-hybridized carbons (Fsp3) is 0.786. The number of allylic oxidation sites excluding steroid dienone is 1. The van der Waals surface area contributed by atoms with Crippen molar-refractivity contribution >= 4 is 5.97 Å². The molecular weight excluding hydrogens is 200 g/mol. The summed E-state index contributed by atoms with van der Waals surface area (Å²) in [6, 6.07) is 0. The molecule has 0 bridgehead atoms. The van der Waals surface area contributed by atoms with Gasteiger partial charge < -0.3 is 4.74 Å². The van der Waals surface area contributed by atoms with Crippen LogP contribution >= 0.6 is 0 Å². The molecule has 16 heavy (non-hydrogen) atoms. The van der Waals surface area contributed by atoms with Gasteiger partial charge in [0.25, 0.3) is 0 Å². The Balaban J connectivity index is 4.05. The molecule has 1 unspecified atom stereocenters. The summed E-state index contributed by atoms with van der Waals surface area (Å²) in [7, 11) is 0. The predicted octanol–water partition coefficient (Wildman–Crippen LogP) is 4.10. The minimum Gasteiger partial charge on any atom is -0.463 e. The van der Waals surface area contributed by atoms with Crippen LogP contribution in [0.1, 0.15) is 59.8 Å². The van der Waals surface area contributed by atoms with Gasteiger partial charge in [0.05, 0.1) is 6.61 Å². The second-order valence-electron chi connectivity index (χ2n) is 4.26. The molecule has 1 atom stereocenters. The van der Waals surface area contributed by atoms with Gasteiger partial charge in [-0.05, 0) is 26.2 Å². The largest absolute Gasteiger partial charge is 0.463 e. The van der Waals surface area contributed by atoms with E-state index >= 15 is 0 Å². The van der Waals surface area contributed by atoms with Gasteiger partial charge >= 0.3 is 5.97 Å². The van der Waals surface area contributed by atoms with Crippen molar-refractivity contribution in [3.63, 3.8) is 0 Å². The van der Waals surface area contributed by atoms with Crippen LogP contribution in [0.4, 0.5) is 0 Å². The van der Waals surface area contributed by atoms with Crippen molar-refractivity contribution in [3.8, 4) is 0 Å². The number of hydrogen-bond donors (Lipinski definition) is 0. The minimum atomic E-state index is -0.173. The number of unbranched alkanes of at least 4 members (excludes halogenated alkanes) is 1. The highest BCUT2D eigenvalue weighted by molar-refractivity contribution is 5.87. The third kappa shape index (κ3) is 6.65. The molecular formula is C14H26O2. The summed E-state index contributed by atoms with van der Waals surface area (Å²) in [5, 5.41) is 0.